The Morgan fingerprint density at radius 3 is 2.67 bits per heavy atom. The third kappa shape index (κ3) is 4.03. The summed E-state index contributed by atoms with van der Waals surface area (Å²) in [4.78, 5) is 16.5. The Hall–Kier alpha value is -1.42. The number of hydrogen-bond acceptors (Lipinski definition) is 3. The summed E-state index contributed by atoms with van der Waals surface area (Å²) in [7, 11) is 0. The van der Waals surface area contributed by atoms with Crippen molar-refractivity contribution in [2.24, 2.45) is 0 Å². The van der Waals surface area contributed by atoms with Crippen LogP contribution in [0, 0.1) is 13.8 Å². The number of carbonyl (C=O) groups is 1. The van der Waals surface area contributed by atoms with E-state index in [1.54, 1.807) is 11.8 Å². The van der Waals surface area contributed by atoms with Crippen molar-refractivity contribution < 1.29 is 4.79 Å². The fourth-order valence-corrected chi connectivity index (χ4v) is 3.24. The van der Waals surface area contributed by atoms with Gasteiger partial charge in [-0.05, 0) is 31.0 Å². The molecule has 0 spiro atoms. The molecular formula is C17H24N2OS. The van der Waals surface area contributed by atoms with Crippen LogP contribution < -0.4 is 4.90 Å². The van der Waals surface area contributed by atoms with Gasteiger partial charge < -0.3 is 9.80 Å². The third-order valence-corrected chi connectivity index (χ3v) is 4.93. The third-order valence-electron chi connectivity index (χ3n) is 4.01. The lowest BCUT2D eigenvalue weighted by Gasteiger charge is -2.37. The molecule has 1 aromatic carbocycles. The van der Waals surface area contributed by atoms with E-state index in [1.807, 2.05) is 11.0 Å². The van der Waals surface area contributed by atoms with E-state index < -0.39 is 0 Å². The van der Waals surface area contributed by atoms with Gasteiger partial charge in [-0.2, -0.15) is 0 Å². The van der Waals surface area contributed by atoms with Crippen LogP contribution in [0.15, 0.2) is 30.9 Å². The lowest BCUT2D eigenvalue weighted by molar-refractivity contribution is -0.128. The van der Waals surface area contributed by atoms with E-state index in [2.05, 4.69) is 43.5 Å². The summed E-state index contributed by atoms with van der Waals surface area (Å²) in [6, 6.07) is 6.44. The molecule has 0 bridgehead atoms. The van der Waals surface area contributed by atoms with Crippen LogP contribution in [-0.2, 0) is 4.79 Å². The molecule has 1 amide bonds. The van der Waals surface area contributed by atoms with Crippen molar-refractivity contribution in [3.8, 4) is 0 Å². The number of hydrogen-bond donors (Lipinski definition) is 0. The Morgan fingerprint density at radius 1 is 1.29 bits per heavy atom. The van der Waals surface area contributed by atoms with Crippen molar-refractivity contribution in [1.82, 2.24) is 4.90 Å². The molecule has 1 saturated heterocycles. The zero-order valence-corrected chi connectivity index (χ0v) is 13.8. The van der Waals surface area contributed by atoms with E-state index in [4.69, 9.17) is 0 Å². The SMILES string of the molecule is C=CCSCC(=O)N1CCN(c2cccc(C)c2C)CC1. The van der Waals surface area contributed by atoms with E-state index in [-0.39, 0.29) is 5.91 Å². The number of piperazine rings is 1. The number of aryl methyl sites for hydroxylation is 1. The molecule has 0 unspecified atom stereocenters. The van der Waals surface area contributed by atoms with Crippen molar-refractivity contribution in [2.75, 3.05) is 42.6 Å². The zero-order valence-electron chi connectivity index (χ0n) is 13.0. The second-order valence-electron chi connectivity index (χ2n) is 5.39. The number of thioether (sulfide) groups is 1. The summed E-state index contributed by atoms with van der Waals surface area (Å²) >= 11 is 1.63. The van der Waals surface area contributed by atoms with Crippen LogP contribution in [0.3, 0.4) is 0 Å². The van der Waals surface area contributed by atoms with Gasteiger partial charge in [-0.25, -0.2) is 0 Å². The minimum absolute atomic E-state index is 0.252. The maximum atomic E-state index is 12.1. The van der Waals surface area contributed by atoms with Gasteiger partial charge in [0.15, 0.2) is 0 Å². The van der Waals surface area contributed by atoms with Crippen LogP contribution in [-0.4, -0.2) is 48.5 Å². The average molecular weight is 304 g/mol. The summed E-state index contributed by atoms with van der Waals surface area (Å²) in [6.07, 6.45) is 1.84. The summed E-state index contributed by atoms with van der Waals surface area (Å²) in [5.74, 6) is 1.66. The number of rotatable bonds is 5. The Balaban J connectivity index is 1.89. The summed E-state index contributed by atoms with van der Waals surface area (Å²) in [6.45, 7) is 11.5. The van der Waals surface area contributed by atoms with Crippen molar-refractivity contribution in [2.45, 2.75) is 13.8 Å². The molecular weight excluding hydrogens is 280 g/mol. The molecule has 0 aromatic heterocycles. The van der Waals surface area contributed by atoms with Crippen LogP contribution in [0.25, 0.3) is 0 Å². The quantitative estimate of drug-likeness (QED) is 0.617. The molecule has 21 heavy (non-hydrogen) atoms. The smallest absolute Gasteiger partial charge is 0.232 e. The van der Waals surface area contributed by atoms with Gasteiger partial charge in [0.1, 0.15) is 0 Å². The number of anilines is 1. The lowest BCUT2D eigenvalue weighted by Crippen LogP contribution is -2.49. The molecule has 1 fully saturated rings. The van der Waals surface area contributed by atoms with Crippen LogP contribution in [0.5, 0.6) is 0 Å². The summed E-state index contributed by atoms with van der Waals surface area (Å²) in [5.41, 5.74) is 3.98. The second kappa shape index (κ2) is 7.55. The highest BCUT2D eigenvalue weighted by Gasteiger charge is 2.21. The van der Waals surface area contributed by atoms with Gasteiger partial charge in [0.25, 0.3) is 0 Å². The maximum Gasteiger partial charge on any atom is 0.232 e. The molecule has 0 radical (unpaired) electrons. The molecule has 114 valence electrons. The standard InChI is InChI=1S/C17H24N2OS/c1-4-12-21-13-17(20)19-10-8-18(9-11-19)16-7-5-6-14(2)15(16)3/h4-7H,1,8-13H2,2-3H3. The number of carbonyl (C=O) groups excluding carboxylic acids is 1. The first kappa shape index (κ1) is 16.0. The van der Waals surface area contributed by atoms with Crippen LogP contribution >= 0.6 is 11.8 Å². The molecule has 1 aliphatic rings. The Kier molecular flexibility index (Phi) is 5.74. The van der Waals surface area contributed by atoms with Gasteiger partial charge in [-0.3, -0.25) is 4.79 Å². The molecule has 0 aliphatic carbocycles. The second-order valence-corrected chi connectivity index (χ2v) is 6.42. The number of nitrogens with zero attached hydrogens (tertiary/aromatic N) is 2. The van der Waals surface area contributed by atoms with Gasteiger partial charge in [0.2, 0.25) is 5.91 Å². The topological polar surface area (TPSA) is 23.6 Å². The molecule has 0 saturated carbocycles. The van der Waals surface area contributed by atoms with Gasteiger partial charge in [0.05, 0.1) is 5.75 Å². The van der Waals surface area contributed by atoms with Crippen LogP contribution in [0.2, 0.25) is 0 Å². The maximum absolute atomic E-state index is 12.1. The van der Waals surface area contributed by atoms with Gasteiger partial charge in [-0.15, -0.1) is 18.3 Å². The molecule has 3 nitrogen and oxygen atoms in total. The molecule has 2 rings (SSSR count). The predicted octanol–water partition coefficient (Wildman–Crippen LogP) is 2.87. The van der Waals surface area contributed by atoms with Crippen molar-refractivity contribution >= 4 is 23.4 Å². The predicted molar refractivity (Wildman–Crippen MR) is 92.2 cm³/mol. The highest BCUT2D eigenvalue weighted by molar-refractivity contribution is 8.00. The van der Waals surface area contributed by atoms with E-state index in [0.717, 1.165) is 31.9 Å². The van der Waals surface area contributed by atoms with Gasteiger partial charge >= 0.3 is 0 Å². The number of benzene rings is 1. The van der Waals surface area contributed by atoms with Crippen molar-refractivity contribution in [3.63, 3.8) is 0 Å². The molecule has 0 atom stereocenters. The highest BCUT2D eigenvalue weighted by Crippen LogP contribution is 2.23. The minimum Gasteiger partial charge on any atom is -0.368 e. The lowest BCUT2D eigenvalue weighted by atomic mass is 10.1. The average Bonchev–Trinajstić information content (AvgIpc) is 2.50. The van der Waals surface area contributed by atoms with Crippen molar-refractivity contribution in [1.29, 1.82) is 0 Å². The van der Waals surface area contributed by atoms with Crippen LogP contribution in [0.1, 0.15) is 11.1 Å². The Labute approximate surface area is 132 Å². The van der Waals surface area contributed by atoms with Crippen molar-refractivity contribution in [3.05, 3.63) is 42.0 Å². The van der Waals surface area contributed by atoms with E-state index in [9.17, 15) is 4.79 Å². The first-order valence-electron chi connectivity index (χ1n) is 7.41. The molecule has 1 aromatic rings. The van der Waals surface area contributed by atoms with E-state index >= 15 is 0 Å². The molecule has 1 aliphatic heterocycles. The largest absolute Gasteiger partial charge is 0.368 e. The van der Waals surface area contributed by atoms with Gasteiger partial charge in [-0.1, -0.05) is 18.2 Å². The highest BCUT2D eigenvalue weighted by atomic mass is 32.2. The normalized spacial score (nSPS) is 15.1. The summed E-state index contributed by atoms with van der Waals surface area (Å²) in [5, 5.41) is 0. The minimum atomic E-state index is 0.252. The van der Waals surface area contributed by atoms with E-state index in [1.165, 1.54) is 16.8 Å². The Morgan fingerprint density at radius 2 is 2.00 bits per heavy atom. The summed E-state index contributed by atoms with van der Waals surface area (Å²) < 4.78 is 0. The molecule has 1 heterocycles. The number of amides is 1. The molecule has 0 N–H and O–H groups in total. The van der Waals surface area contributed by atoms with Crippen LogP contribution in [0.4, 0.5) is 5.69 Å². The fraction of sp³-hybridized carbons (Fsp3) is 0.471. The van der Waals surface area contributed by atoms with E-state index in [0.29, 0.717) is 5.75 Å². The first-order valence-corrected chi connectivity index (χ1v) is 8.56. The van der Waals surface area contributed by atoms with Gasteiger partial charge in [0, 0.05) is 37.6 Å². The first-order chi connectivity index (χ1) is 10.1. The molecule has 4 heteroatoms. The monoisotopic (exact) mass is 304 g/mol. The zero-order chi connectivity index (χ0) is 15.2. The Bertz CT molecular complexity index is 508. The fourth-order valence-electron chi connectivity index (χ4n) is 2.60.